The molecule has 0 aliphatic carbocycles. The summed E-state index contributed by atoms with van der Waals surface area (Å²) < 4.78 is 5.64. The van der Waals surface area contributed by atoms with Crippen LogP contribution < -0.4 is 10.1 Å². The van der Waals surface area contributed by atoms with Crippen molar-refractivity contribution in [1.82, 2.24) is 4.98 Å². The molecule has 0 aliphatic heterocycles. The van der Waals surface area contributed by atoms with Crippen molar-refractivity contribution in [1.29, 1.82) is 0 Å². The number of amides is 1. The van der Waals surface area contributed by atoms with Crippen LogP contribution in [-0.4, -0.2) is 17.5 Å². The first-order valence-corrected chi connectivity index (χ1v) is 9.57. The Hall–Kier alpha value is -2.18. The first-order chi connectivity index (χ1) is 11.8. The van der Waals surface area contributed by atoms with E-state index in [1.807, 2.05) is 48.0 Å². The number of thiophene rings is 1. The molecule has 24 heavy (non-hydrogen) atoms. The normalized spacial score (nSPS) is 10.5. The van der Waals surface area contributed by atoms with Crippen molar-refractivity contribution >= 4 is 33.7 Å². The Labute approximate surface area is 149 Å². The summed E-state index contributed by atoms with van der Waals surface area (Å²) in [5, 5.41) is 9.52. The highest BCUT2D eigenvalue weighted by Crippen LogP contribution is 2.32. The van der Waals surface area contributed by atoms with Crippen LogP contribution >= 0.6 is 22.7 Å². The summed E-state index contributed by atoms with van der Waals surface area (Å²) in [5.74, 6) is 0.792. The number of aromatic nitrogens is 1. The second-order valence-electron chi connectivity index (χ2n) is 5.15. The molecule has 0 aliphatic rings. The maximum Gasteiger partial charge on any atom is 0.226 e. The molecule has 4 nitrogen and oxygen atoms in total. The molecule has 1 amide bonds. The van der Waals surface area contributed by atoms with Gasteiger partial charge >= 0.3 is 0 Å². The predicted octanol–water partition coefficient (Wildman–Crippen LogP) is 4.84. The van der Waals surface area contributed by atoms with E-state index in [1.165, 1.54) is 16.9 Å². The van der Waals surface area contributed by atoms with Crippen molar-refractivity contribution in [3.63, 3.8) is 0 Å². The minimum Gasteiger partial charge on any atom is -0.493 e. The number of para-hydroxylation sites is 1. The van der Waals surface area contributed by atoms with E-state index < -0.39 is 0 Å². The van der Waals surface area contributed by atoms with E-state index in [2.05, 4.69) is 15.7 Å². The topological polar surface area (TPSA) is 51.2 Å². The quantitative estimate of drug-likeness (QED) is 0.657. The number of carbonyl (C=O) groups is 1. The maximum absolute atomic E-state index is 12.1. The number of anilines is 1. The molecule has 0 saturated carbocycles. The van der Waals surface area contributed by atoms with E-state index >= 15 is 0 Å². The SMILES string of the molecule is CCOc1ccccc1-c1csc(NC(=O)CCc2ccsc2)n1. The highest BCUT2D eigenvalue weighted by Gasteiger charge is 2.11. The van der Waals surface area contributed by atoms with Gasteiger partial charge in [-0.25, -0.2) is 4.98 Å². The van der Waals surface area contributed by atoms with E-state index in [0.29, 0.717) is 18.2 Å². The third-order valence-electron chi connectivity index (χ3n) is 3.43. The lowest BCUT2D eigenvalue weighted by molar-refractivity contribution is -0.116. The van der Waals surface area contributed by atoms with Gasteiger partial charge in [0.2, 0.25) is 5.91 Å². The fourth-order valence-electron chi connectivity index (χ4n) is 2.29. The van der Waals surface area contributed by atoms with Gasteiger partial charge in [0.15, 0.2) is 5.13 Å². The number of rotatable bonds is 7. The molecule has 3 rings (SSSR count). The van der Waals surface area contributed by atoms with Gasteiger partial charge < -0.3 is 10.1 Å². The van der Waals surface area contributed by atoms with E-state index in [1.54, 1.807) is 11.3 Å². The second-order valence-corrected chi connectivity index (χ2v) is 6.78. The number of aryl methyl sites for hydroxylation is 1. The van der Waals surface area contributed by atoms with E-state index in [-0.39, 0.29) is 5.91 Å². The summed E-state index contributed by atoms with van der Waals surface area (Å²) in [5.41, 5.74) is 2.95. The van der Waals surface area contributed by atoms with Gasteiger partial charge in [-0.2, -0.15) is 11.3 Å². The van der Waals surface area contributed by atoms with E-state index in [0.717, 1.165) is 23.4 Å². The molecule has 2 heterocycles. The Bertz CT molecular complexity index is 797. The molecule has 0 unspecified atom stereocenters. The summed E-state index contributed by atoms with van der Waals surface area (Å²) in [7, 11) is 0. The zero-order valence-corrected chi connectivity index (χ0v) is 15.0. The van der Waals surface area contributed by atoms with Crippen molar-refractivity contribution in [2.45, 2.75) is 19.8 Å². The monoisotopic (exact) mass is 358 g/mol. The van der Waals surface area contributed by atoms with Gasteiger partial charge in [0, 0.05) is 17.4 Å². The number of hydrogen-bond acceptors (Lipinski definition) is 5. The van der Waals surface area contributed by atoms with Gasteiger partial charge in [-0.15, -0.1) is 11.3 Å². The molecule has 1 aromatic carbocycles. The third kappa shape index (κ3) is 4.21. The Morgan fingerprint density at radius 3 is 2.92 bits per heavy atom. The van der Waals surface area contributed by atoms with Crippen LogP contribution in [0.4, 0.5) is 5.13 Å². The minimum absolute atomic E-state index is 0.0137. The van der Waals surface area contributed by atoms with Crippen molar-refractivity contribution in [3.8, 4) is 17.0 Å². The van der Waals surface area contributed by atoms with Gasteiger partial charge in [-0.3, -0.25) is 4.79 Å². The summed E-state index contributed by atoms with van der Waals surface area (Å²) in [6.07, 6.45) is 1.21. The predicted molar refractivity (Wildman–Crippen MR) is 100.0 cm³/mol. The fourth-order valence-corrected chi connectivity index (χ4v) is 3.72. The van der Waals surface area contributed by atoms with Crippen LogP contribution in [0.2, 0.25) is 0 Å². The molecule has 0 fully saturated rings. The largest absolute Gasteiger partial charge is 0.493 e. The molecule has 2 aromatic heterocycles. The number of hydrogen-bond donors (Lipinski definition) is 1. The Balaban J connectivity index is 1.64. The molecule has 6 heteroatoms. The molecular formula is C18H18N2O2S2. The first-order valence-electron chi connectivity index (χ1n) is 7.75. The van der Waals surface area contributed by atoms with Gasteiger partial charge in [0.1, 0.15) is 5.75 Å². The van der Waals surface area contributed by atoms with Crippen LogP contribution in [0.1, 0.15) is 18.9 Å². The fraction of sp³-hybridized carbons (Fsp3) is 0.222. The van der Waals surface area contributed by atoms with Crippen LogP contribution in [-0.2, 0) is 11.2 Å². The highest BCUT2D eigenvalue weighted by molar-refractivity contribution is 7.14. The van der Waals surface area contributed by atoms with Gasteiger partial charge in [-0.1, -0.05) is 12.1 Å². The van der Waals surface area contributed by atoms with Crippen LogP contribution in [0.15, 0.2) is 46.5 Å². The molecule has 0 saturated heterocycles. The number of nitrogens with zero attached hydrogens (tertiary/aromatic N) is 1. The number of thiazole rings is 1. The third-order valence-corrected chi connectivity index (χ3v) is 4.92. The molecule has 124 valence electrons. The molecule has 3 aromatic rings. The number of ether oxygens (including phenoxy) is 1. The maximum atomic E-state index is 12.1. The lowest BCUT2D eigenvalue weighted by atomic mass is 10.1. The zero-order valence-electron chi connectivity index (χ0n) is 13.3. The van der Waals surface area contributed by atoms with Crippen molar-refractivity contribution < 1.29 is 9.53 Å². The standard InChI is InChI=1S/C18H18N2O2S2/c1-2-22-16-6-4-3-5-14(16)15-12-24-18(19-15)20-17(21)8-7-13-9-10-23-11-13/h3-6,9-12H,2,7-8H2,1H3,(H,19,20,21). The number of benzene rings is 1. The Morgan fingerprint density at radius 1 is 1.25 bits per heavy atom. The van der Waals surface area contributed by atoms with Crippen LogP contribution in [0, 0.1) is 0 Å². The van der Waals surface area contributed by atoms with Gasteiger partial charge in [-0.05, 0) is 47.9 Å². The molecular weight excluding hydrogens is 340 g/mol. The Morgan fingerprint density at radius 2 is 2.12 bits per heavy atom. The summed E-state index contributed by atoms with van der Waals surface area (Å²) >= 11 is 3.07. The van der Waals surface area contributed by atoms with Crippen LogP contribution in [0.5, 0.6) is 5.75 Å². The molecule has 0 atom stereocenters. The summed E-state index contributed by atoms with van der Waals surface area (Å²) in [6.45, 7) is 2.56. The average Bonchev–Trinajstić information content (AvgIpc) is 3.25. The lowest BCUT2D eigenvalue weighted by Crippen LogP contribution is -2.11. The van der Waals surface area contributed by atoms with Crippen molar-refractivity contribution in [2.24, 2.45) is 0 Å². The Kier molecular flexibility index (Phi) is 5.61. The van der Waals surface area contributed by atoms with Gasteiger partial charge in [0.25, 0.3) is 0 Å². The van der Waals surface area contributed by atoms with Crippen LogP contribution in [0.3, 0.4) is 0 Å². The second kappa shape index (κ2) is 8.08. The average molecular weight is 358 g/mol. The summed E-state index contributed by atoms with van der Waals surface area (Å²) in [4.78, 5) is 16.6. The zero-order chi connectivity index (χ0) is 16.8. The highest BCUT2D eigenvalue weighted by atomic mass is 32.1. The van der Waals surface area contributed by atoms with Crippen molar-refractivity contribution in [3.05, 3.63) is 52.0 Å². The lowest BCUT2D eigenvalue weighted by Gasteiger charge is -2.07. The van der Waals surface area contributed by atoms with Crippen molar-refractivity contribution in [2.75, 3.05) is 11.9 Å². The van der Waals surface area contributed by atoms with E-state index in [9.17, 15) is 4.79 Å². The minimum atomic E-state index is -0.0137. The molecule has 1 N–H and O–H groups in total. The number of nitrogens with one attached hydrogen (secondary N) is 1. The summed E-state index contributed by atoms with van der Waals surface area (Å²) in [6, 6.07) is 9.84. The molecule has 0 bridgehead atoms. The first kappa shape index (κ1) is 16.7. The number of carbonyl (C=O) groups excluding carboxylic acids is 1. The van der Waals surface area contributed by atoms with Gasteiger partial charge in [0.05, 0.1) is 12.3 Å². The van der Waals surface area contributed by atoms with E-state index in [4.69, 9.17) is 4.74 Å². The van der Waals surface area contributed by atoms with Crippen LogP contribution in [0.25, 0.3) is 11.3 Å². The smallest absolute Gasteiger partial charge is 0.226 e. The molecule has 0 radical (unpaired) electrons. The molecule has 0 spiro atoms.